The van der Waals surface area contributed by atoms with Gasteiger partial charge in [0.25, 0.3) is 0 Å². The lowest BCUT2D eigenvalue weighted by Gasteiger charge is -2.36. The van der Waals surface area contributed by atoms with Gasteiger partial charge in [0.1, 0.15) is 11.6 Å². The van der Waals surface area contributed by atoms with Crippen molar-refractivity contribution in [3.05, 3.63) is 51.9 Å². The summed E-state index contributed by atoms with van der Waals surface area (Å²) in [5.74, 6) is 2.08. The first-order valence-electron chi connectivity index (χ1n) is 10.6. The molecule has 1 aliphatic heterocycles. The second-order valence-corrected chi connectivity index (χ2v) is 8.22. The first-order valence-corrected chi connectivity index (χ1v) is 11.0. The number of carbonyl (C=O) groups excluding carboxylic acids is 1. The van der Waals surface area contributed by atoms with Crippen LogP contribution in [0, 0.1) is 13.8 Å². The minimum absolute atomic E-state index is 0.287. The first-order chi connectivity index (χ1) is 14.0. The van der Waals surface area contributed by atoms with E-state index in [0.717, 1.165) is 79.8 Å². The second-order valence-electron chi connectivity index (χ2n) is 7.79. The molecule has 0 saturated carbocycles. The fourth-order valence-electron chi connectivity index (χ4n) is 3.84. The molecule has 0 atom stereocenters. The number of benzene rings is 1. The highest BCUT2D eigenvalue weighted by Crippen LogP contribution is 2.26. The number of aromatic nitrogens is 2. The van der Waals surface area contributed by atoms with Crippen molar-refractivity contribution in [2.24, 2.45) is 0 Å². The van der Waals surface area contributed by atoms with Gasteiger partial charge in [-0.2, -0.15) is 0 Å². The number of carbonyl (C=O) groups is 1. The molecule has 29 heavy (non-hydrogen) atoms. The van der Waals surface area contributed by atoms with Gasteiger partial charge in [0.05, 0.1) is 0 Å². The highest BCUT2D eigenvalue weighted by molar-refractivity contribution is 6.30. The van der Waals surface area contributed by atoms with E-state index in [0.29, 0.717) is 6.42 Å². The number of unbranched alkanes of at least 4 members (excludes halogenated alkanes) is 2. The largest absolute Gasteiger partial charge is 0.353 e. The van der Waals surface area contributed by atoms with Gasteiger partial charge in [-0.05, 0) is 38.0 Å². The van der Waals surface area contributed by atoms with Crippen molar-refractivity contribution in [3.63, 3.8) is 0 Å². The number of hydrogen-bond acceptors (Lipinski definition) is 4. The van der Waals surface area contributed by atoms with E-state index in [-0.39, 0.29) is 5.91 Å². The number of piperazine rings is 1. The van der Waals surface area contributed by atoms with Gasteiger partial charge in [0.2, 0.25) is 5.91 Å². The van der Waals surface area contributed by atoms with Crippen LogP contribution >= 0.6 is 11.6 Å². The molecule has 1 aromatic heterocycles. The molecule has 0 unspecified atom stereocenters. The highest BCUT2D eigenvalue weighted by atomic mass is 35.5. The third-order valence-corrected chi connectivity index (χ3v) is 5.78. The fourth-order valence-corrected chi connectivity index (χ4v) is 3.97. The van der Waals surface area contributed by atoms with Gasteiger partial charge in [0, 0.05) is 55.3 Å². The van der Waals surface area contributed by atoms with Gasteiger partial charge < -0.3 is 9.80 Å². The molecule has 2 heterocycles. The third-order valence-electron chi connectivity index (χ3n) is 5.52. The molecule has 3 rings (SSSR count). The van der Waals surface area contributed by atoms with Crippen LogP contribution in [0.4, 0.5) is 5.82 Å². The minimum Gasteiger partial charge on any atom is -0.353 e. The van der Waals surface area contributed by atoms with Gasteiger partial charge in [-0.3, -0.25) is 4.79 Å². The Balaban J connectivity index is 1.72. The monoisotopic (exact) mass is 414 g/mol. The SMILES string of the molecule is CCCCCC(=O)N1CCN(c2nc(C)nc(C)c2Cc2ccc(Cl)cc2)CC1. The van der Waals surface area contributed by atoms with Crippen LogP contribution in [-0.4, -0.2) is 47.0 Å². The molecule has 1 saturated heterocycles. The normalized spacial score (nSPS) is 14.3. The maximum absolute atomic E-state index is 12.4. The quantitative estimate of drug-likeness (QED) is 0.623. The van der Waals surface area contributed by atoms with E-state index in [2.05, 4.69) is 35.9 Å². The summed E-state index contributed by atoms with van der Waals surface area (Å²) in [5, 5.41) is 0.741. The number of amides is 1. The van der Waals surface area contributed by atoms with Crippen molar-refractivity contribution in [1.82, 2.24) is 14.9 Å². The lowest BCUT2D eigenvalue weighted by atomic mass is 10.0. The molecule has 0 radical (unpaired) electrons. The molecule has 1 aromatic carbocycles. The van der Waals surface area contributed by atoms with Gasteiger partial charge in [-0.1, -0.05) is 43.5 Å². The van der Waals surface area contributed by atoms with Crippen molar-refractivity contribution in [3.8, 4) is 0 Å². The summed E-state index contributed by atoms with van der Waals surface area (Å²) in [5.41, 5.74) is 3.36. The molecule has 0 aliphatic carbocycles. The molecule has 1 amide bonds. The van der Waals surface area contributed by atoms with E-state index < -0.39 is 0 Å². The van der Waals surface area contributed by atoms with E-state index in [9.17, 15) is 4.79 Å². The topological polar surface area (TPSA) is 49.3 Å². The number of anilines is 1. The Morgan fingerprint density at radius 1 is 1.03 bits per heavy atom. The Kier molecular flexibility index (Phi) is 7.48. The number of nitrogens with zero attached hydrogens (tertiary/aromatic N) is 4. The van der Waals surface area contributed by atoms with E-state index in [1.54, 1.807) is 0 Å². The lowest BCUT2D eigenvalue weighted by molar-refractivity contribution is -0.131. The van der Waals surface area contributed by atoms with Crippen LogP contribution in [0.3, 0.4) is 0 Å². The number of halogens is 1. The van der Waals surface area contributed by atoms with E-state index >= 15 is 0 Å². The fraction of sp³-hybridized carbons (Fsp3) is 0.522. The molecule has 1 fully saturated rings. The van der Waals surface area contributed by atoms with Gasteiger partial charge in [-0.15, -0.1) is 0 Å². The van der Waals surface area contributed by atoms with Crippen LogP contribution in [0.1, 0.15) is 55.3 Å². The summed E-state index contributed by atoms with van der Waals surface area (Å²) in [6.45, 7) is 9.29. The standard InChI is InChI=1S/C23H31ClN4O/c1-4-5-6-7-22(29)27-12-14-28(15-13-27)23-21(17(2)25-18(3)26-23)16-19-8-10-20(24)11-9-19/h8-11H,4-7,12-16H2,1-3H3. The first kappa shape index (κ1) is 21.6. The maximum atomic E-state index is 12.4. The molecule has 0 N–H and O–H groups in total. The smallest absolute Gasteiger partial charge is 0.222 e. The van der Waals surface area contributed by atoms with Crippen molar-refractivity contribution >= 4 is 23.3 Å². The predicted molar refractivity (Wildman–Crippen MR) is 119 cm³/mol. The van der Waals surface area contributed by atoms with E-state index in [1.165, 1.54) is 5.56 Å². The Bertz CT molecular complexity index is 830. The molecule has 0 bridgehead atoms. The molecule has 2 aromatic rings. The number of rotatable bonds is 7. The van der Waals surface area contributed by atoms with Crippen molar-refractivity contribution in [2.75, 3.05) is 31.1 Å². The second kappa shape index (κ2) is 10.1. The predicted octanol–water partition coefficient (Wildman–Crippen LogP) is 4.57. The average Bonchev–Trinajstić information content (AvgIpc) is 2.71. The van der Waals surface area contributed by atoms with Crippen LogP contribution in [-0.2, 0) is 11.2 Å². The van der Waals surface area contributed by atoms with Crippen LogP contribution in [0.15, 0.2) is 24.3 Å². The Hall–Kier alpha value is -2.14. The minimum atomic E-state index is 0.287. The zero-order valence-corrected chi connectivity index (χ0v) is 18.5. The van der Waals surface area contributed by atoms with E-state index in [4.69, 9.17) is 16.6 Å². The van der Waals surface area contributed by atoms with Crippen molar-refractivity contribution < 1.29 is 4.79 Å². The maximum Gasteiger partial charge on any atom is 0.222 e. The highest BCUT2D eigenvalue weighted by Gasteiger charge is 2.24. The summed E-state index contributed by atoms with van der Waals surface area (Å²) in [6.07, 6.45) is 4.70. The zero-order chi connectivity index (χ0) is 20.8. The molecule has 0 spiro atoms. The van der Waals surface area contributed by atoms with Crippen molar-refractivity contribution in [1.29, 1.82) is 0 Å². The summed E-state index contributed by atoms with van der Waals surface area (Å²) >= 11 is 6.03. The van der Waals surface area contributed by atoms with Crippen molar-refractivity contribution in [2.45, 2.75) is 52.9 Å². The van der Waals surface area contributed by atoms with Crippen LogP contribution < -0.4 is 4.90 Å². The summed E-state index contributed by atoms with van der Waals surface area (Å²) in [7, 11) is 0. The molecule has 1 aliphatic rings. The summed E-state index contributed by atoms with van der Waals surface area (Å²) in [6, 6.07) is 7.95. The summed E-state index contributed by atoms with van der Waals surface area (Å²) < 4.78 is 0. The van der Waals surface area contributed by atoms with Gasteiger partial charge in [-0.25, -0.2) is 9.97 Å². The van der Waals surface area contributed by atoms with E-state index in [1.807, 2.05) is 24.0 Å². The lowest BCUT2D eigenvalue weighted by Crippen LogP contribution is -2.49. The van der Waals surface area contributed by atoms with Crippen LogP contribution in [0.25, 0.3) is 0 Å². The number of aryl methyl sites for hydroxylation is 2. The van der Waals surface area contributed by atoms with Gasteiger partial charge in [0.15, 0.2) is 0 Å². The molecule has 6 heteroatoms. The zero-order valence-electron chi connectivity index (χ0n) is 17.7. The number of hydrogen-bond donors (Lipinski definition) is 0. The Morgan fingerprint density at radius 3 is 2.38 bits per heavy atom. The summed E-state index contributed by atoms with van der Waals surface area (Å²) in [4.78, 5) is 26.1. The third kappa shape index (κ3) is 5.69. The molecule has 156 valence electrons. The molecular formula is C23H31ClN4O. The van der Waals surface area contributed by atoms with Crippen LogP contribution in [0.5, 0.6) is 0 Å². The van der Waals surface area contributed by atoms with Gasteiger partial charge >= 0.3 is 0 Å². The Morgan fingerprint density at radius 2 is 1.72 bits per heavy atom. The molecule has 5 nitrogen and oxygen atoms in total. The molecular weight excluding hydrogens is 384 g/mol. The Labute approximate surface area is 179 Å². The van der Waals surface area contributed by atoms with Crippen LogP contribution in [0.2, 0.25) is 5.02 Å². The average molecular weight is 415 g/mol.